The van der Waals surface area contributed by atoms with Gasteiger partial charge in [0.1, 0.15) is 0 Å². The van der Waals surface area contributed by atoms with Crippen LogP contribution in [0.2, 0.25) is 0 Å². The number of sulfonamides is 1. The van der Waals surface area contributed by atoms with Crippen molar-refractivity contribution in [2.45, 2.75) is 36.9 Å². The van der Waals surface area contributed by atoms with Gasteiger partial charge in [0.15, 0.2) is 11.5 Å². The summed E-state index contributed by atoms with van der Waals surface area (Å²) in [5.41, 5.74) is -0.194. The number of piperidine rings is 1. The molecule has 0 aromatic heterocycles. The summed E-state index contributed by atoms with van der Waals surface area (Å²) in [5.74, 6) is 0.299. The van der Waals surface area contributed by atoms with Gasteiger partial charge in [0.25, 0.3) is 0 Å². The Morgan fingerprint density at radius 1 is 1.00 bits per heavy atom. The summed E-state index contributed by atoms with van der Waals surface area (Å²) in [4.78, 5) is 12.6. The number of alkyl halides is 3. The van der Waals surface area contributed by atoms with Crippen LogP contribution in [-0.4, -0.2) is 44.9 Å². The molecule has 4 rings (SSSR count). The fourth-order valence-electron chi connectivity index (χ4n) is 3.96. The van der Waals surface area contributed by atoms with Gasteiger partial charge >= 0.3 is 6.18 Å². The van der Waals surface area contributed by atoms with Gasteiger partial charge in [0, 0.05) is 38.0 Å². The molecule has 1 amide bonds. The maximum Gasteiger partial charge on any atom is 0.416 e. The zero-order valence-corrected chi connectivity index (χ0v) is 19.1. The monoisotopic (exact) mass is 498 g/mol. The summed E-state index contributed by atoms with van der Waals surface area (Å²) >= 11 is 0. The van der Waals surface area contributed by atoms with Gasteiger partial charge in [-0.05, 0) is 42.7 Å². The number of nitrogens with one attached hydrogen (secondary N) is 1. The van der Waals surface area contributed by atoms with Crippen LogP contribution in [0.3, 0.4) is 0 Å². The summed E-state index contributed by atoms with van der Waals surface area (Å²) < 4.78 is 76.7. The van der Waals surface area contributed by atoms with Crippen molar-refractivity contribution in [3.8, 4) is 11.5 Å². The lowest BCUT2D eigenvalue weighted by molar-refractivity contribution is -0.137. The third-order valence-corrected chi connectivity index (χ3v) is 7.82. The number of carbonyl (C=O) groups is 1. The molecule has 184 valence electrons. The number of benzene rings is 2. The maximum atomic E-state index is 13.1. The Morgan fingerprint density at radius 2 is 1.65 bits per heavy atom. The molecule has 1 saturated heterocycles. The molecule has 2 aliphatic rings. The number of halogens is 3. The summed E-state index contributed by atoms with van der Waals surface area (Å²) in [5, 5.41) is 2.73. The molecule has 34 heavy (non-hydrogen) atoms. The molecule has 2 aromatic rings. The van der Waals surface area contributed by atoms with Crippen LogP contribution in [0.5, 0.6) is 11.5 Å². The first-order valence-electron chi connectivity index (χ1n) is 11.0. The minimum atomic E-state index is -4.41. The average Bonchev–Trinajstić information content (AvgIpc) is 3.07. The van der Waals surface area contributed by atoms with E-state index in [9.17, 15) is 26.4 Å². The largest absolute Gasteiger partial charge is 0.490 e. The van der Waals surface area contributed by atoms with E-state index in [1.54, 1.807) is 6.07 Å². The highest BCUT2D eigenvalue weighted by molar-refractivity contribution is 7.89. The van der Waals surface area contributed by atoms with Gasteiger partial charge in [-0.2, -0.15) is 17.5 Å². The molecule has 0 radical (unpaired) electrons. The Labute approximate surface area is 195 Å². The third kappa shape index (κ3) is 5.47. The quantitative estimate of drug-likeness (QED) is 0.681. The molecule has 0 unspecified atom stereocenters. The van der Waals surface area contributed by atoms with E-state index in [1.165, 1.54) is 28.6 Å². The van der Waals surface area contributed by atoms with Gasteiger partial charge in [-0.1, -0.05) is 12.1 Å². The van der Waals surface area contributed by atoms with E-state index in [0.717, 1.165) is 12.1 Å². The summed E-state index contributed by atoms with van der Waals surface area (Å²) in [7, 11) is -3.75. The number of ether oxygens (including phenoxy) is 2. The van der Waals surface area contributed by atoms with E-state index >= 15 is 0 Å². The Hall–Kier alpha value is -2.79. The molecule has 11 heteroatoms. The summed E-state index contributed by atoms with van der Waals surface area (Å²) in [6, 6.07) is 9.16. The van der Waals surface area contributed by atoms with Crippen LogP contribution in [0.25, 0.3) is 0 Å². The molecular weight excluding hydrogens is 473 g/mol. The van der Waals surface area contributed by atoms with Crippen LogP contribution in [0, 0.1) is 5.92 Å². The van der Waals surface area contributed by atoms with Crippen molar-refractivity contribution in [3.63, 3.8) is 0 Å². The molecule has 1 fully saturated rings. The number of nitrogens with zero attached hydrogens (tertiary/aromatic N) is 1. The molecule has 7 nitrogen and oxygen atoms in total. The minimum Gasteiger partial charge on any atom is -0.490 e. The molecule has 2 heterocycles. The molecule has 2 aliphatic heterocycles. The van der Waals surface area contributed by atoms with Gasteiger partial charge in [0.2, 0.25) is 15.9 Å². The van der Waals surface area contributed by atoms with Crippen LogP contribution < -0.4 is 14.8 Å². The van der Waals surface area contributed by atoms with E-state index in [-0.39, 0.29) is 36.4 Å². The van der Waals surface area contributed by atoms with Gasteiger partial charge in [-0.25, -0.2) is 8.42 Å². The second-order valence-electron chi connectivity index (χ2n) is 8.25. The number of rotatable bonds is 5. The normalized spacial score (nSPS) is 17.7. The second-order valence-corrected chi connectivity index (χ2v) is 10.2. The van der Waals surface area contributed by atoms with Crippen molar-refractivity contribution in [1.82, 2.24) is 9.62 Å². The third-order valence-electron chi connectivity index (χ3n) is 5.93. The SMILES string of the molecule is O=C(NCc1ccc(C(F)(F)F)cc1)C1CCN(S(=O)(=O)c2ccc3c(c2)OCCCO3)CC1. The molecule has 0 saturated carbocycles. The van der Waals surface area contributed by atoms with Crippen molar-refractivity contribution < 1.29 is 35.9 Å². The standard InChI is InChI=1S/C23H25F3N2O5S/c24-23(25,26)18-4-2-16(3-5-18)15-27-22(29)17-8-10-28(11-9-17)34(30,31)19-6-7-20-21(14-19)33-13-1-12-32-20/h2-7,14,17H,1,8-13,15H2,(H,27,29). The number of hydrogen-bond acceptors (Lipinski definition) is 5. The molecule has 0 spiro atoms. The van der Waals surface area contributed by atoms with E-state index in [0.29, 0.717) is 49.5 Å². The van der Waals surface area contributed by atoms with Crippen LogP contribution in [0.1, 0.15) is 30.4 Å². The Kier molecular flexibility index (Phi) is 7.04. The van der Waals surface area contributed by atoms with Crippen molar-refractivity contribution in [3.05, 3.63) is 53.6 Å². The Bertz CT molecular complexity index is 1130. The highest BCUT2D eigenvalue weighted by Crippen LogP contribution is 2.34. The van der Waals surface area contributed by atoms with Gasteiger partial charge < -0.3 is 14.8 Å². The lowest BCUT2D eigenvalue weighted by atomic mass is 9.97. The van der Waals surface area contributed by atoms with Crippen LogP contribution >= 0.6 is 0 Å². The summed E-state index contributed by atoms with van der Waals surface area (Å²) in [6.45, 7) is 1.44. The summed E-state index contributed by atoms with van der Waals surface area (Å²) in [6.07, 6.45) is -2.99. The molecule has 0 aliphatic carbocycles. The molecule has 0 bridgehead atoms. The van der Waals surface area contributed by atoms with Gasteiger partial charge in [0.05, 0.1) is 23.7 Å². The highest BCUT2D eigenvalue weighted by Gasteiger charge is 2.33. The second kappa shape index (κ2) is 9.83. The number of carbonyl (C=O) groups excluding carboxylic acids is 1. The predicted molar refractivity (Wildman–Crippen MR) is 117 cm³/mol. The molecule has 2 aromatic carbocycles. The average molecular weight is 499 g/mol. The zero-order chi connectivity index (χ0) is 24.3. The lowest BCUT2D eigenvalue weighted by Crippen LogP contribution is -2.42. The van der Waals surface area contributed by atoms with E-state index in [1.807, 2.05) is 0 Å². The zero-order valence-electron chi connectivity index (χ0n) is 18.3. The highest BCUT2D eigenvalue weighted by atomic mass is 32.2. The van der Waals surface area contributed by atoms with Crippen LogP contribution in [0.4, 0.5) is 13.2 Å². The van der Waals surface area contributed by atoms with E-state index in [2.05, 4.69) is 5.32 Å². The smallest absolute Gasteiger partial charge is 0.416 e. The fourth-order valence-corrected chi connectivity index (χ4v) is 5.44. The lowest BCUT2D eigenvalue weighted by Gasteiger charge is -2.30. The van der Waals surface area contributed by atoms with Gasteiger partial charge in [-0.15, -0.1) is 0 Å². The van der Waals surface area contributed by atoms with Crippen molar-refractivity contribution in [2.24, 2.45) is 5.92 Å². The predicted octanol–water partition coefficient (Wildman–Crippen LogP) is 3.58. The molecule has 1 N–H and O–H groups in total. The van der Waals surface area contributed by atoms with Crippen molar-refractivity contribution >= 4 is 15.9 Å². The molecule has 0 atom stereocenters. The first-order chi connectivity index (χ1) is 16.1. The fraction of sp³-hybridized carbons (Fsp3) is 0.435. The topological polar surface area (TPSA) is 84.9 Å². The molecular formula is C23H25F3N2O5S. The van der Waals surface area contributed by atoms with Gasteiger partial charge in [-0.3, -0.25) is 4.79 Å². The number of amides is 1. The number of hydrogen-bond donors (Lipinski definition) is 1. The first-order valence-corrected chi connectivity index (χ1v) is 12.4. The number of fused-ring (bicyclic) bond motifs is 1. The minimum absolute atomic E-state index is 0.104. The first kappa shape index (κ1) is 24.3. The van der Waals surface area contributed by atoms with Crippen LogP contribution in [-0.2, 0) is 27.5 Å². The van der Waals surface area contributed by atoms with E-state index < -0.39 is 21.8 Å². The maximum absolute atomic E-state index is 13.1. The van der Waals surface area contributed by atoms with E-state index in [4.69, 9.17) is 9.47 Å². The Morgan fingerprint density at radius 3 is 2.29 bits per heavy atom. The van der Waals surface area contributed by atoms with Crippen LogP contribution in [0.15, 0.2) is 47.4 Å². The van der Waals surface area contributed by atoms with Crippen molar-refractivity contribution in [1.29, 1.82) is 0 Å². The van der Waals surface area contributed by atoms with Crippen molar-refractivity contribution in [2.75, 3.05) is 26.3 Å². The Balaban J connectivity index is 1.32.